The summed E-state index contributed by atoms with van der Waals surface area (Å²) in [4.78, 5) is 27.0. The number of imidazole rings is 1. The second-order valence-corrected chi connectivity index (χ2v) is 9.84. The Hall–Kier alpha value is -3.78. The third-order valence-electron chi connectivity index (χ3n) is 7.31. The fraction of sp³-hybridized carbons (Fsp3) is 0.357. The van der Waals surface area contributed by atoms with E-state index in [-0.39, 0.29) is 17.9 Å². The Kier molecular flexibility index (Phi) is 6.11. The number of pyridine rings is 1. The Morgan fingerprint density at radius 3 is 2.94 bits per heavy atom. The molecule has 4 aromatic rings. The van der Waals surface area contributed by atoms with Crippen LogP contribution in [0.25, 0.3) is 33.8 Å². The lowest BCUT2D eigenvalue weighted by molar-refractivity contribution is -0.121. The summed E-state index contributed by atoms with van der Waals surface area (Å²) in [5, 5.41) is 7.56. The van der Waals surface area contributed by atoms with Crippen molar-refractivity contribution in [2.75, 3.05) is 18.8 Å². The first-order chi connectivity index (χ1) is 17.7. The van der Waals surface area contributed by atoms with E-state index in [0.29, 0.717) is 12.4 Å². The van der Waals surface area contributed by atoms with E-state index < -0.39 is 0 Å². The molecule has 1 saturated carbocycles. The van der Waals surface area contributed by atoms with Gasteiger partial charge < -0.3 is 16.4 Å². The van der Waals surface area contributed by atoms with E-state index in [1.54, 1.807) is 0 Å². The number of benzene rings is 1. The minimum atomic E-state index is 0.0658. The second-order valence-electron chi connectivity index (χ2n) is 9.84. The molecule has 1 fully saturated rings. The van der Waals surface area contributed by atoms with Crippen LogP contribution in [0.2, 0.25) is 0 Å². The normalized spacial score (nSPS) is 22.1. The number of carbonyl (C=O) groups is 1. The van der Waals surface area contributed by atoms with Gasteiger partial charge in [-0.15, -0.1) is 0 Å². The zero-order valence-electron chi connectivity index (χ0n) is 20.3. The maximum absolute atomic E-state index is 12.5. The fourth-order valence-electron chi connectivity index (χ4n) is 5.57. The van der Waals surface area contributed by atoms with Crippen molar-refractivity contribution in [1.82, 2.24) is 30.0 Å². The van der Waals surface area contributed by atoms with Gasteiger partial charge in [-0.05, 0) is 56.9 Å². The highest BCUT2D eigenvalue weighted by molar-refractivity contribution is 5.90. The van der Waals surface area contributed by atoms with Crippen molar-refractivity contribution in [3.05, 3.63) is 60.3 Å². The number of nitrogens with one attached hydrogen (secondary N) is 2. The quantitative estimate of drug-likeness (QED) is 0.378. The number of fused-ring (bicyclic) bond motifs is 4. The highest BCUT2D eigenvalue weighted by Crippen LogP contribution is 2.38. The number of anilines is 1. The number of nitrogen functional groups attached to an aromatic ring is 1. The molecule has 4 heterocycles. The number of rotatable bonds is 1. The van der Waals surface area contributed by atoms with E-state index in [1.165, 1.54) is 0 Å². The zero-order valence-corrected chi connectivity index (χ0v) is 20.3. The molecule has 6 rings (SSSR count). The number of allylic oxidation sites excluding steroid dienone is 1. The van der Waals surface area contributed by atoms with Crippen molar-refractivity contribution in [2.24, 2.45) is 0 Å². The second kappa shape index (κ2) is 9.70. The lowest BCUT2D eigenvalue weighted by atomic mass is 9.85. The largest absolute Gasteiger partial charge is 0.382 e. The number of carbonyl (C=O) groups excluding carboxylic acids is 1. The van der Waals surface area contributed by atoms with Crippen LogP contribution in [-0.2, 0) is 4.79 Å². The summed E-state index contributed by atoms with van der Waals surface area (Å²) < 4.78 is 2.19. The van der Waals surface area contributed by atoms with E-state index in [1.807, 2.05) is 30.6 Å². The van der Waals surface area contributed by atoms with Gasteiger partial charge in [0.25, 0.3) is 0 Å². The molecule has 0 unspecified atom stereocenters. The van der Waals surface area contributed by atoms with Crippen LogP contribution in [0.5, 0.6) is 0 Å². The van der Waals surface area contributed by atoms with Crippen LogP contribution in [0.3, 0.4) is 0 Å². The molecule has 3 aromatic heterocycles. The van der Waals surface area contributed by atoms with Gasteiger partial charge in [-0.1, -0.05) is 30.7 Å². The molecule has 8 nitrogen and oxygen atoms in total. The van der Waals surface area contributed by atoms with Crippen LogP contribution in [0.1, 0.15) is 56.0 Å². The molecular formula is C28H31N7O. The molecule has 2 atom stereocenters. The highest BCUT2D eigenvalue weighted by atomic mass is 16.1. The first-order valence-corrected chi connectivity index (χ1v) is 12.9. The average Bonchev–Trinajstić information content (AvgIpc) is 3.30. The summed E-state index contributed by atoms with van der Waals surface area (Å²) in [6.45, 7) is 1.16. The number of aromatic nitrogens is 4. The maximum Gasteiger partial charge on any atom is 0.234 e. The van der Waals surface area contributed by atoms with Crippen LogP contribution in [0.4, 0.5) is 5.82 Å². The van der Waals surface area contributed by atoms with Crippen LogP contribution in [0.15, 0.2) is 48.8 Å². The third-order valence-corrected chi connectivity index (χ3v) is 7.31. The lowest BCUT2D eigenvalue weighted by Gasteiger charge is -2.29. The van der Waals surface area contributed by atoms with Crippen molar-refractivity contribution in [3.8, 4) is 11.3 Å². The average molecular weight is 482 g/mol. The Morgan fingerprint density at radius 1 is 1.08 bits per heavy atom. The molecule has 4 N–H and O–H groups in total. The molecule has 8 heteroatoms. The van der Waals surface area contributed by atoms with Crippen molar-refractivity contribution >= 4 is 34.2 Å². The van der Waals surface area contributed by atoms with Gasteiger partial charge in [-0.3, -0.25) is 14.2 Å². The van der Waals surface area contributed by atoms with Crippen molar-refractivity contribution in [2.45, 2.75) is 50.5 Å². The predicted molar refractivity (Wildman–Crippen MR) is 142 cm³/mol. The molecule has 0 spiro atoms. The summed E-state index contributed by atoms with van der Waals surface area (Å²) in [5.74, 6) is 1.70. The van der Waals surface area contributed by atoms with Crippen LogP contribution < -0.4 is 16.4 Å². The monoisotopic (exact) mass is 481 g/mol. The van der Waals surface area contributed by atoms with Crippen molar-refractivity contribution in [1.29, 1.82) is 0 Å². The first-order valence-electron chi connectivity index (χ1n) is 12.9. The molecular weight excluding hydrogens is 450 g/mol. The third kappa shape index (κ3) is 4.33. The van der Waals surface area contributed by atoms with Gasteiger partial charge >= 0.3 is 0 Å². The van der Waals surface area contributed by atoms with Gasteiger partial charge in [0, 0.05) is 29.1 Å². The van der Waals surface area contributed by atoms with Crippen LogP contribution >= 0.6 is 0 Å². The van der Waals surface area contributed by atoms with E-state index in [2.05, 4.69) is 49.3 Å². The van der Waals surface area contributed by atoms with Crippen LogP contribution in [-0.4, -0.2) is 44.4 Å². The molecule has 0 radical (unpaired) electrons. The molecule has 1 amide bonds. The Bertz CT molecular complexity index is 1460. The van der Waals surface area contributed by atoms with Gasteiger partial charge in [-0.25, -0.2) is 9.97 Å². The molecule has 0 saturated heterocycles. The minimum Gasteiger partial charge on any atom is -0.382 e. The molecule has 2 aliphatic rings. The number of nitrogens with zero attached hydrogens (tertiary/aromatic N) is 4. The van der Waals surface area contributed by atoms with E-state index >= 15 is 0 Å². The van der Waals surface area contributed by atoms with Gasteiger partial charge in [0.15, 0.2) is 0 Å². The van der Waals surface area contributed by atoms with Crippen molar-refractivity contribution < 1.29 is 4.79 Å². The van der Waals surface area contributed by atoms with E-state index in [4.69, 9.17) is 10.7 Å². The zero-order chi connectivity index (χ0) is 24.5. The Balaban J connectivity index is 1.53. The number of nitrogens with two attached hydrogens (primary N) is 1. The minimum absolute atomic E-state index is 0.0658. The number of para-hydroxylation sites is 1. The van der Waals surface area contributed by atoms with Crippen molar-refractivity contribution in [3.63, 3.8) is 0 Å². The highest BCUT2D eigenvalue weighted by Gasteiger charge is 2.30. The topological polar surface area (TPSA) is 110 Å². The van der Waals surface area contributed by atoms with E-state index in [0.717, 1.165) is 84.3 Å². The van der Waals surface area contributed by atoms with Gasteiger partial charge in [-0.2, -0.15) is 0 Å². The van der Waals surface area contributed by atoms with Gasteiger partial charge in [0.2, 0.25) is 5.91 Å². The van der Waals surface area contributed by atoms with Gasteiger partial charge in [0.05, 0.1) is 24.0 Å². The number of hydrogen-bond acceptors (Lipinski definition) is 6. The molecule has 1 aliphatic heterocycles. The summed E-state index contributed by atoms with van der Waals surface area (Å²) in [6.07, 6.45) is 13.7. The standard InChI is InChI=1S/C28H31N7O/c29-27-26-25(20-13-18-7-3-4-11-23(18)31-15-20)34-28-19-8-6-9-21(14-19)33-24(36)17-30-12-5-1-2-10-22(16-32-27)35(26)28/h2-4,7,10-11,13,15-16,19,21,30H,1,5-6,8-9,12,14,17H2,(H2,29,32)(H,33,36)/b10-2+/t19-,21-/m1/s1. The van der Waals surface area contributed by atoms with Gasteiger partial charge in [0.1, 0.15) is 22.9 Å². The molecule has 1 aromatic carbocycles. The smallest absolute Gasteiger partial charge is 0.234 e. The molecule has 1 aliphatic carbocycles. The SMILES string of the molecule is Nc1ncc2n3c(nc(-c4cnc5ccccc5c4)c13)[C@@H]1CCC[C@H](C1)NC(=O)CNCCC/C=C/2. The van der Waals surface area contributed by atoms with Crippen LogP contribution in [0, 0.1) is 0 Å². The maximum atomic E-state index is 12.5. The summed E-state index contributed by atoms with van der Waals surface area (Å²) in [5.41, 5.74) is 11.0. The summed E-state index contributed by atoms with van der Waals surface area (Å²) in [7, 11) is 0. The molecule has 2 bridgehead atoms. The Morgan fingerprint density at radius 2 is 2.00 bits per heavy atom. The lowest BCUT2D eigenvalue weighted by Crippen LogP contribution is -2.42. The summed E-state index contributed by atoms with van der Waals surface area (Å²) >= 11 is 0. The van der Waals surface area contributed by atoms with E-state index in [9.17, 15) is 4.79 Å². The molecule has 36 heavy (non-hydrogen) atoms. The number of amides is 1. The summed E-state index contributed by atoms with van der Waals surface area (Å²) in [6, 6.07) is 10.3. The first kappa shape index (κ1) is 22.7. The molecule has 184 valence electrons. The Labute approximate surface area is 210 Å². The predicted octanol–water partition coefficient (Wildman–Crippen LogP) is 4.07. The fourth-order valence-corrected chi connectivity index (χ4v) is 5.57. The number of hydrogen-bond donors (Lipinski definition) is 3.